The lowest BCUT2D eigenvalue weighted by Crippen LogP contribution is -2.38. The minimum Gasteiger partial charge on any atom is -0.505 e. The zero-order valence-corrected chi connectivity index (χ0v) is 16.5. The van der Waals surface area contributed by atoms with E-state index in [1.54, 1.807) is 6.92 Å². The summed E-state index contributed by atoms with van der Waals surface area (Å²) in [6.45, 7) is 2.38. The van der Waals surface area contributed by atoms with E-state index < -0.39 is 15.9 Å². The van der Waals surface area contributed by atoms with Crippen molar-refractivity contribution in [1.29, 1.82) is 0 Å². The van der Waals surface area contributed by atoms with Crippen molar-refractivity contribution >= 4 is 44.8 Å². The molecule has 0 spiro atoms. The molecule has 144 valence electrons. The molecule has 27 heavy (non-hydrogen) atoms. The van der Waals surface area contributed by atoms with Gasteiger partial charge in [0.25, 0.3) is 5.91 Å². The second-order valence-corrected chi connectivity index (χ2v) is 8.31. The van der Waals surface area contributed by atoms with E-state index in [4.69, 9.17) is 27.9 Å². The van der Waals surface area contributed by atoms with Gasteiger partial charge < -0.3 is 14.7 Å². The third kappa shape index (κ3) is 3.84. The number of sulfonamides is 1. The van der Waals surface area contributed by atoms with Gasteiger partial charge >= 0.3 is 0 Å². The molecule has 1 aliphatic rings. The van der Waals surface area contributed by atoms with Gasteiger partial charge in [0.15, 0.2) is 5.75 Å². The molecule has 0 aromatic heterocycles. The van der Waals surface area contributed by atoms with Crippen LogP contribution in [0.25, 0.3) is 0 Å². The van der Waals surface area contributed by atoms with Crippen LogP contribution in [0.15, 0.2) is 35.2 Å². The van der Waals surface area contributed by atoms with Crippen molar-refractivity contribution < 1.29 is 23.1 Å². The van der Waals surface area contributed by atoms with Crippen molar-refractivity contribution in [2.75, 3.05) is 24.6 Å². The zero-order chi connectivity index (χ0) is 19.8. The summed E-state index contributed by atoms with van der Waals surface area (Å²) in [4.78, 5) is 14.4. The summed E-state index contributed by atoms with van der Waals surface area (Å²) in [5.41, 5.74) is 0.487. The average Bonchev–Trinajstić information content (AvgIpc) is 2.64. The van der Waals surface area contributed by atoms with Crippen molar-refractivity contribution in [3.05, 3.63) is 45.9 Å². The van der Waals surface area contributed by atoms with Gasteiger partial charge in [-0.3, -0.25) is 4.79 Å². The van der Waals surface area contributed by atoms with Crippen LogP contribution in [0.2, 0.25) is 10.0 Å². The Morgan fingerprint density at radius 1 is 1.26 bits per heavy atom. The first-order valence-corrected chi connectivity index (χ1v) is 10.2. The van der Waals surface area contributed by atoms with Crippen LogP contribution >= 0.6 is 23.2 Å². The summed E-state index contributed by atoms with van der Waals surface area (Å²) in [6, 6.07) is 6.92. The van der Waals surface area contributed by atoms with E-state index in [1.807, 2.05) is 0 Å². The van der Waals surface area contributed by atoms with Crippen LogP contribution in [-0.2, 0) is 10.0 Å². The molecule has 0 bridgehead atoms. The van der Waals surface area contributed by atoms with Gasteiger partial charge in [-0.15, -0.1) is 0 Å². The number of anilines is 1. The van der Waals surface area contributed by atoms with Gasteiger partial charge in [0.1, 0.15) is 12.4 Å². The highest BCUT2D eigenvalue weighted by Gasteiger charge is 2.28. The van der Waals surface area contributed by atoms with Gasteiger partial charge in [-0.1, -0.05) is 30.1 Å². The number of nitrogens with one attached hydrogen (secondary N) is 1. The van der Waals surface area contributed by atoms with Crippen LogP contribution in [0.4, 0.5) is 5.69 Å². The van der Waals surface area contributed by atoms with Crippen molar-refractivity contribution in [2.45, 2.75) is 11.8 Å². The molecule has 0 saturated carbocycles. The van der Waals surface area contributed by atoms with Crippen LogP contribution in [0.5, 0.6) is 11.5 Å². The predicted octanol–water partition coefficient (Wildman–Crippen LogP) is 3.04. The van der Waals surface area contributed by atoms with Crippen LogP contribution in [0.3, 0.4) is 0 Å². The number of phenolic OH excluding ortho intramolecular Hbond substituents is 1. The highest BCUT2D eigenvalue weighted by Crippen LogP contribution is 2.37. The molecule has 0 saturated heterocycles. The topological polar surface area (TPSA) is 95.9 Å². The fraction of sp³-hybridized carbons (Fsp3) is 0.235. The van der Waals surface area contributed by atoms with Gasteiger partial charge in [0, 0.05) is 12.1 Å². The summed E-state index contributed by atoms with van der Waals surface area (Å²) >= 11 is 11.8. The van der Waals surface area contributed by atoms with Gasteiger partial charge in [-0.2, -0.15) is 0 Å². The fourth-order valence-electron chi connectivity index (χ4n) is 2.69. The summed E-state index contributed by atoms with van der Waals surface area (Å²) in [5.74, 6) is -0.362. The van der Waals surface area contributed by atoms with Gasteiger partial charge in [0.05, 0.1) is 27.2 Å². The molecule has 0 aliphatic carbocycles. The molecule has 2 N–H and O–H groups in total. The lowest BCUT2D eigenvalue weighted by atomic mass is 10.1. The molecule has 2 aromatic rings. The molecule has 2 aromatic carbocycles. The Morgan fingerprint density at radius 2 is 1.93 bits per heavy atom. The standard InChI is InChI=1S/C17H16Cl2N2O5S/c1-2-20-27(24,25)11-3-4-15-14(9-11)21(5-6-26-15)17(23)10-7-12(18)16(22)13(19)8-10/h3-4,7-9,20,22H,2,5-6H2,1H3. The third-order valence-corrected chi connectivity index (χ3v) is 6.07. The van der Waals surface area contributed by atoms with Crippen LogP contribution in [-0.4, -0.2) is 39.1 Å². The van der Waals surface area contributed by atoms with Crippen molar-refractivity contribution in [3.8, 4) is 11.5 Å². The van der Waals surface area contributed by atoms with Crippen LogP contribution in [0, 0.1) is 0 Å². The molecule has 7 nitrogen and oxygen atoms in total. The van der Waals surface area contributed by atoms with Crippen molar-refractivity contribution in [3.63, 3.8) is 0 Å². The minimum absolute atomic E-state index is 0.0215. The SMILES string of the molecule is CCNS(=O)(=O)c1ccc2c(c1)N(C(=O)c1cc(Cl)c(O)c(Cl)c1)CCO2. The van der Waals surface area contributed by atoms with E-state index in [0.717, 1.165) is 0 Å². The number of nitrogens with zero attached hydrogens (tertiary/aromatic N) is 1. The monoisotopic (exact) mass is 430 g/mol. The molecule has 1 aliphatic heterocycles. The Morgan fingerprint density at radius 3 is 2.56 bits per heavy atom. The number of halogens is 2. The second-order valence-electron chi connectivity index (χ2n) is 5.72. The van der Waals surface area contributed by atoms with Crippen molar-refractivity contribution in [2.24, 2.45) is 0 Å². The number of hydrogen-bond acceptors (Lipinski definition) is 5. The first-order valence-electron chi connectivity index (χ1n) is 8.01. The molecule has 0 unspecified atom stereocenters. The molecule has 0 radical (unpaired) electrons. The maximum Gasteiger partial charge on any atom is 0.258 e. The molecule has 1 amide bonds. The number of carbonyl (C=O) groups excluding carboxylic acids is 1. The summed E-state index contributed by atoms with van der Waals surface area (Å²) in [7, 11) is -3.70. The van der Waals surface area contributed by atoms with E-state index in [9.17, 15) is 18.3 Å². The number of hydrogen-bond donors (Lipinski definition) is 2. The number of fused-ring (bicyclic) bond motifs is 1. The highest BCUT2D eigenvalue weighted by atomic mass is 35.5. The van der Waals surface area contributed by atoms with E-state index in [0.29, 0.717) is 11.4 Å². The minimum atomic E-state index is -3.70. The first-order chi connectivity index (χ1) is 12.7. The van der Waals surface area contributed by atoms with E-state index in [-0.39, 0.29) is 46.0 Å². The van der Waals surface area contributed by atoms with E-state index in [2.05, 4.69) is 4.72 Å². The Kier molecular flexibility index (Phi) is 5.53. The lowest BCUT2D eigenvalue weighted by Gasteiger charge is -2.30. The van der Waals surface area contributed by atoms with E-state index in [1.165, 1.54) is 35.2 Å². The number of phenols is 1. The Hall–Kier alpha value is -2.00. The number of benzene rings is 2. The maximum atomic E-state index is 13.0. The number of rotatable bonds is 4. The largest absolute Gasteiger partial charge is 0.505 e. The van der Waals surface area contributed by atoms with Crippen molar-refractivity contribution in [1.82, 2.24) is 4.72 Å². The molecule has 3 rings (SSSR count). The van der Waals surface area contributed by atoms with Crippen LogP contribution < -0.4 is 14.4 Å². The number of amides is 1. The Balaban J connectivity index is 2.04. The third-order valence-electron chi connectivity index (χ3n) is 3.95. The summed E-state index contributed by atoms with van der Waals surface area (Å²) < 4.78 is 32.5. The number of ether oxygens (including phenoxy) is 1. The molecule has 0 atom stereocenters. The normalized spacial score (nSPS) is 13.8. The summed E-state index contributed by atoms with van der Waals surface area (Å²) in [5, 5.41) is 9.57. The van der Waals surface area contributed by atoms with Gasteiger partial charge in [-0.25, -0.2) is 13.1 Å². The number of carbonyl (C=O) groups is 1. The Labute approximate surface area is 166 Å². The fourth-order valence-corrected chi connectivity index (χ4v) is 4.24. The lowest BCUT2D eigenvalue weighted by molar-refractivity contribution is 0.0976. The smallest absolute Gasteiger partial charge is 0.258 e. The van der Waals surface area contributed by atoms with E-state index >= 15 is 0 Å². The highest BCUT2D eigenvalue weighted by molar-refractivity contribution is 7.89. The molecule has 0 fully saturated rings. The predicted molar refractivity (Wildman–Crippen MR) is 103 cm³/mol. The maximum absolute atomic E-state index is 13.0. The Bertz CT molecular complexity index is 987. The van der Waals surface area contributed by atoms with Gasteiger partial charge in [0.2, 0.25) is 10.0 Å². The molecule has 10 heteroatoms. The first kappa shape index (κ1) is 19.8. The van der Waals surface area contributed by atoms with Gasteiger partial charge in [-0.05, 0) is 30.3 Å². The second kappa shape index (κ2) is 7.55. The van der Waals surface area contributed by atoms with Crippen LogP contribution in [0.1, 0.15) is 17.3 Å². The quantitative estimate of drug-likeness (QED) is 0.776. The molecular formula is C17H16Cl2N2O5S. The average molecular weight is 431 g/mol. The number of aromatic hydroxyl groups is 1. The zero-order valence-electron chi connectivity index (χ0n) is 14.2. The summed E-state index contributed by atoms with van der Waals surface area (Å²) in [6.07, 6.45) is 0. The molecular weight excluding hydrogens is 415 g/mol. The molecule has 1 heterocycles.